The van der Waals surface area contributed by atoms with Crippen molar-refractivity contribution in [1.29, 1.82) is 0 Å². The number of halogens is 2. The minimum atomic E-state index is -2.40. The predicted molar refractivity (Wildman–Crippen MR) is 71.8 cm³/mol. The minimum Gasteiger partial charge on any atom is -0.368 e. The Morgan fingerprint density at radius 1 is 1.30 bits per heavy atom. The van der Waals surface area contributed by atoms with Crippen molar-refractivity contribution in [3.05, 3.63) is 0 Å². The Kier molecular flexibility index (Phi) is 7.44. The number of hydrogen-bond donors (Lipinski definition) is 3. The van der Waals surface area contributed by atoms with Crippen molar-refractivity contribution in [3.63, 3.8) is 0 Å². The topological polar surface area (TPSA) is 119 Å². The van der Waals surface area contributed by atoms with E-state index in [1.165, 1.54) is 6.92 Å². The zero-order valence-corrected chi connectivity index (χ0v) is 12.4. The largest absolute Gasteiger partial charge is 0.368 e. The molecule has 0 aromatic heterocycles. The van der Waals surface area contributed by atoms with Crippen molar-refractivity contribution in [2.75, 3.05) is 0 Å². The van der Waals surface area contributed by atoms with Gasteiger partial charge < -0.3 is 11.5 Å². The highest BCUT2D eigenvalue weighted by Gasteiger charge is 2.31. The molecule has 0 aliphatic heterocycles. The summed E-state index contributed by atoms with van der Waals surface area (Å²) in [5.41, 5.74) is 10.3. The van der Waals surface area contributed by atoms with E-state index in [1.54, 1.807) is 0 Å². The molecule has 2 unspecified atom stereocenters. The van der Waals surface area contributed by atoms with Gasteiger partial charge in [0.15, 0.2) is 0 Å². The molecule has 0 heterocycles. The Morgan fingerprint density at radius 2 is 1.80 bits per heavy atom. The van der Waals surface area contributed by atoms with Crippen LogP contribution in [-0.4, -0.2) is 40.4 Å². The Morgan fingerprint density at radius 3 is 2.15 bits per heavy atom. The van der Waals surface area contributed by atoms with E-state index >= 15 is 0 Å². The van der Waals surface area contributed by atoms with Gasteiger partial charge in [-0.3, -0.25) is 19.8 Å². The molecule has 0 fully saturated rings. The number of alkyl halides is 2. The Balaban J connectivity index is 4.94. The lowest BCUT2D eigenvalue weighted by atomic mass is 10.0. The molecule has 7 nitrogen and oxygen atoms in total. The molecular weight excluding hydrogens is 291 g/mol. The summed E-state index contributed by atoms with van der Waals surface area (Å²) in [4.78, 5) is 34.4. The third kappa shape index (κ3) is 5.70. The normalized spacial score (nSPS) is 15.3. The molecule has 0 aromatic carbocycles. The van der Waals surface area contributed by atoms with Crippen molar-refractivity contribution >= 4 is 29.3 Å². The first-order valence-electron chi connectivity index (χ1n) is 6.04. The van der Waals surface area contributed by atoms with Crippen LogP contribution in [0, 0.1) is 5.92 Å². The fraction of sp³-hybridized carbons (Fsp3) is 0.727. The van der Waals surface area contributed by atoms with Crippen molar-refractivity contribution in [2.45, 2.75) is 44.9 Å². The molecule has 0 aliphatic rings. The summed E-state index contributed by atoms with van der Waals surface area (Å²) >= 11 is 5.03. The van der Waals surface area contributed by atoms with Gasteiger partial charge in [0.25, 0.3) is 17.4 Å². The number of carbonyl (C=O) groups excluding carboxylic acids is 3. The third-order valence-corrected chi connectivity index (χ3v) is 2.70. The van der Waals surface area contributed by atoms with E-state index < -0.39 is 35.4 Å². The van der Waals surface area contributed by atoms with Gasteiger partial charge in [0, 0.05) is 0 Å². The quantitative estimate of drug-likeness (QED) is 0.458. The molecule has 9 heteroatoms. The van der Waals surface area contributed by atoms with Gasteiger partial charge >= 0.3 is 0 Å². The molecule has 116 valence electrons. The highest BCUT2D eigenvalue weighted by Crippen LogP contribution is 2.07. The summed E-state index contributed by atoms with van der Waals surface area (Å²) in [5, 5.41) is 0.461. The van der Waals surface area contributed by atoms with Crippen LogP contribution < -0.4 is 16.9 Å². The molecule has 0 spiro atoms. The lowest BCUT2D eigenvalue weighted by Crippen LogP contribution is -2.59. The molecule has 0 radical (unpaired) electrons. The van der Waals surface area contributed by atoms with Gasteiger partial charge in [-0.1, -0.05) is 25.4 Å². The van der Waals surface area contributed by atoms with Crippen LogP contribution in [-0.2, 0) is 14.4 Å². The van der Waals surface area contributed by atoms with Gasteiger partial charge in [0.1, 0.15) is 6.04 Å². The van der Waals surface area contributed by atoms with Crippen LogP contribution in [0.15, 0.2) is 0 Å². The van der Waals surface area contributed by atoms with Crippen LogP contribution in [0.2, 0.25) is 0 Å². The van der Waals surface area contributed by atoms with E-state index in [-0.39, 0.29) is 5.92 Å². The number of rotatable bonds is 6. The maximum Gasteiger partial charge on any atom is 0.291 e. The highest BCUT2D eigenvalue weighted by molar-refractivity contribution is 6.29. The Hall–Kier alpha value is -1.41. The van der Waals surface area contributed by atoms with Gasteiger partial charge in [-0.25, -0.2) is 9.40 Å². The van der Waals surface area contributed by atoms with Crippen LogP contribution in [0.1, 0.15) is 27.2 Å². The molecule has 3 atom stereocenters. The van der Waals surface area contributed by atoms with Crippen molar-refractivity contribution < 1.29 is 18.8 Å². The lowest BCUT2D eigenvalue weighted by molar-refractivity contribution is -0.149. The fourth-order valence-electron chi connectivity index (χ4n) is 1.39. The van der Waals surface area contributed by atoms with Gasteiger partial charge in [-0.15, -0.1) is 0 Å². The second kappa shape index (κ2) is 8.01. The number of hydrogen-bond acceptors (Lipinski definition) is 4. The minimum absolute atomic E-state index is 0.149. The van der Waals surface area contributed by atoms with Crippen LogP contribution in [0.4, 0.5) is 4.39 Å². The van der Waals surface area contributed by atoms with Crippen molar-refractivity contribution in [2.24, 2.45) is 17.4 Å². The Bertz CT molecular complexity index is 379. The van der Waals surface area contributed by atoms with E-state index in [1.807, 2.05) is 13.8 Å². The van der Waals surface area contributed by atoms with E-state index in [2.05, 4.69) is 5.43 Å². The summed E-state index contributed by atoms with van der Waals surface area (Å²) in [6, 6.07) is -2.16. The molecule has 0 saturated carbocycles. The summed E-state index contributed by atoms with van der Waals surface area (Å²) in [7, 11) is 0. The van der Waals surface area contributed by atoms with E-state index in [0.29, 0.717) is 11.4 Å². The summed E-state index contributed by atoms with van der Waals surface area (Å²) < 4.78 is 12.9. The first-order valence-corrected chi connectivity index (χ1v) is 6.48. The maximum absolute atomic E-state index is 12.9. The summed E-state index contributed by atoms with van der Waals surface area (Å²) in [6.07, 6.45) is 0.360. The molecule has 3 amide bonds. The molecular formula is C11H20ClFN4O3. The fourth-order valence-corrected chi connectivity index (χ4v) is 1.50. The second-order valence-electron chi connectivity index (χ2n) is 4.80. The Labute approximate surface area is 121 Å². The molecule has 0 aromatic rings. The molecule has 20 heavy (non-hydrogen) atoms. The maximum atomic E-state index is 12.9. The average molecular weight is 311 g/mol. The highest BCUT2D eigenvalue weighted by atomic mass is 35.5. The van der Waals surface area contributed by atoms with E-state index in [9.17, 15) is 18.8 Å². The van der Waals surface area contributed by atoms with Gasteiger partial charge in [0.05, 0.1) is 6.04 Å². The summed E-state index contributed by atoms with van der Waals surface area (Å²) in [6.45, 7) is 4.95. The SMILES string of the molecule is CC(C)C[C@H](N)C(=O)NN(C(=O)C(F)Cl)C(C)C(N)=O. The van der Waals surface area contributed by atoms with Crippen molar-refractivity contribution in [1.82, 2.24) is 10.4 Å². The van der Waals surface area contributed by atoms with Crippen LogP contribution in [0.3, 0.4) is 0 Å². The average Bonchev–Trinajstić information content (AvgIpc) is 2.32. The summed E-state index contributed by atoms with van der Waals surface area (Å²) in [5.74, 6) is -2.79. The smallest absolute Gasteiger partial charge is 0.291 e. The number of carbonyl (C=O) groups is 3. The standard InChI is InChI=1S/C11H20ClFN4O3/c1-5(2)4-7(14)10(19)16-17(6(3)9(15)18)11(20)8(12)13/h5-8H,4,14H2,1-3H3,(H2,15,18)(H,16,19)/t6?,7-,8?/m0/s1. The predicted octanol–water partition coefficient (Wildman–Crippen LogP) is -0.372. The number of primary amides is 1. The van der Waals surface area contributed by atoms with Gasteiger partial charge in [0.2, 0.25) is 5.91 Å². The number of hydrazine groups is 1. The van der Waals surface area contributed by atoms with Gasteiger partial charge in [-0.05, 0) is 19.3 Å². The molecule has 0 rings (SSSR count). The first kappa shape index (κ1) is 18.6. The molecule has 0 saturated heterocycles. The molecule has 5 N–H and O–H groups in total. The number of amides is 3. The third-order valence-electron chi connectivity index (χ3n) is 2.52. The monoisotopic (exact) mass is 310 g/mol. The van der Waals surface area contributed by atoms with E-state index in [0.717, 1.165) is 0 Å². The van der Waals surface area contributed by atoms with Gasteiger partial charge in [-0.2, -0.15) is 0 Å². The van der Waals surface area contributed by atoms with E-state index in [4.69, 9.17) is 23.1 Å². The zero-order valence-electron chi connectivity index (χ0n) is 11.6. The second-order valence-corrected chi connectivity index (χ2v) is 5.18. The van der Waals surface area contributed by atoms with Crippen LogP contribution >= 0.6 is 11.6 Å². The van der Waals surface area contributed by atoms with Crippen LogP contribution in [0.25, 0.3) is 0 Å². The van der Waals surface area contributed by atoms with Crippen molar-refractivity contribution in [3.8, 4) is 0 Å². The number of nitrogens with zero attached hydrogens (tertiary/aromatic N) is 1. The number of nitrogens with one attached hydrogen (secondary N) is 1. The molecule has 0 bridgehead atoms. The first-order chi connectivity index (χ1) is 9.07. The number of nitrogens with two attached hydrogens (primary N) is 2. The molecule has 0 aliphatic carbocycles. The lowest BCUT2D eigenvalue weighted by Gasteiger charge is -2.28. The van der Waals surface area contributed by atoms with Crippen LogP contribution in [0.5, 0.6) is 0 Å². The zero-order chi connectivity index (χ0) is 16.0.